The van der Waals surface area contributed by atoms with Gasteiger partial charge in [0.15, 0.2) is 0 Å². The molecule has 0 bridgehead atoms. The third-order valence-corrected chi connectivity index (χ3v) is 6.82. The van der Waals surface area contributed by atoms with Crippen molar-refractivity contribution in [3.05, 3.63) is 76.2 Å². The number of carbonyl (C=O) groups is 1. The normalized spacial score (nSPS) is 17.0. The maximum absolute atomic E-state index is 12.9. The van der Waals surface area contributed by atoms with Crippen LogP contribution in [0.4, 0.5) is 0 Å². The minimum absolute atomic E-state index is 0.0560. The molecule has 0 radical (unpaired) electrons. The zero-order valence-electron chi connectivity index (χ0n) is 16.5. The van der Waals surface area contributed by atoms with Gasteiger partial charge >= 0.3 is 0 Å². The maximum Gasteiger partial charge on any atom is 0.251 e. The van der Waals surface area contributed by atoms with Gasteiger partial charge in [-0.2, -0.15) is 4.31 Å². The number of rotatable bonds is 8. The molecule has 29 heavy (non-hydrogen) atoms. The monoisotopic (exact) mass is 410 g/mol. The minimum atomic E-state index is -3.53. The Labute approximate surface area is 172 Å². The highest BCUT2D eigenvalue weighted by Crippen LogP contribution is 2.31. The van der Waals surface area contributed by atoms with Crippen molar-refractivity contribution in [3.8, 4) is 0 Å². The van der Waals surface area contributed by atoms with E-state index in [4.69, 9.17) is 0 Å². The summed E-state index contributed by atoms with van der Waals surface area (Å²) in [6, 6.07) is 15.4. The van der Waals surface area contributed by atoms with E-state index in [1.54, 1.807) is 22.5 Å². The number of nitrogens with one attached hydrogen (secondary N) is 1. The van der Waals surface area contributed by atoms with Crippen molar-refractivity contribution in [2.75, 3.05) is 0 Å². The number of sulfonamides is 1. The van der Waals surface area contributed by atoms with Crippen LogP contribution in [-0.4, -0.2) is 30.7 Å². The third kappa shape index (κ3) is 5.34. The standard InChI is InChI=1S/C23H26N2O3S/c1-17-2-4-18(5-3-17)14-15-29(27,28)25(22-12-13-22)16-19-6-8-20(9-7-19)23(26)24-21-10-11-21/h2-9,14-15,21-22H,10-13,16H2,1H3,(H,24,26)/b15-14+. The quantitative estimate of drug-likeness (QED) is 0.719. The molecule has 2 aromatic rings. The molecule has 0 aliphatic heterocycles. The van der Waals surface area contributed by atoms with Gasteiger partial charge in [-0.15, -0.1) is 0 Å². The van der Waals surface area contributed by atoms with Gasteiger partial charge in [-0.25, -0.2) is 8.42 Å². The number of benzene rings is 2. The Morgan fingerprint density at radius 1 is 1.03 bits per heavy atom. The molecule has 0 saturated heterocycles. The molecule has 1 N–H and O–H groups in total. The van der Waals surface area contributed by atoms with E-state index < -0.39 is 10.0 Å². The average molecular weight is 411 g/mol. The highest BCUT2D eigenvalue weighted by molar-refractivity contribution is 7.92. The van der Waals surface area contributed by atoms with E-state index in [2.05, 4.69) is 5.32 Å². The van der Waals surface area contributed by atoms with Crippen LogP contribution in [0.5, 0.6) is 0 Å². The van der Waals surface area contributed by atoms with E-state index in [1.807, 2.05) is 43.3 Å². The summed E-state index contributed by atoms with van der Waals surface area (Å²) in [6.45, 7) is 2.32. The Kier molecular flexibility index (Phi) is 5.56. The Hall–Kier alpha value is -2.44. The van der Waals surface area contributed by atoms with Crippen LogP contribution in [0.15, 0.2) is 53.9 Å². The van der Waals surface area contributed by atoms with Gasteiger partial charge in [0, 0.05) is 29.6 Å². The lowest BCUT2D eigenvalue weighted by atomic mass is 10.1. The van der Waals surface area contributed by atoms with Gasteiger partial charge in [0.2, 0.25) is 10.0 Å². The summed E-state index contributed by atoms with van der Waals surface area (Å²) in [7, 11) is -3.53. The fraction of sp³-hybridized carbons (Fsp3) is 0.348. The van der Waals surface area contributed by atoms with E-state index >= 15 is 0 Å². The lowest BCUT2D eigenvalue weighted by molar-refractivity contribution is 0.0951. The van der Waals surface area contributed by atoms with Gasteiger partial charge in [-0.05, 0) is 61.9 Å². The summed E-state index contributed by atoms with van der Waals surface area (Å²) in [5, 5.41) is 4.26. The fourth-order valence-corrected chi connectivity index (χ4v) is 4.59. The lowest BCUT2D eigenvalue weighted by Gasteiger charge is -2.20. The molecule has 0 heterocycles. The molecule has 2 saturated carbocycles. The van der Waals surface area contributed by atoms with Crippen molar-refractivity contribution in [3.63, 3.8) is 0 Å². The van der Waals surface area contributed by atoms with Crippen LogP contribution >= 0.6 is 0 Å². The molecule has 0 unspecified atom stereocenters. The second kappa shape index (κ2) is 8.13. The number of carbonyl (C=O) groups excluding carboxylic acids is 1. The lowest BCUT2D eigenvalue weighted by Crippen LogP contribution is -2.31. The SMILES string of the molecule is Cc1ccc(/C=C/S(=O)(=O)N(Cc2ccc(C(=O)NC3CC3)cc2)C2CC2)cc1. The van der Waals surface area contributed by atoms with Crippen molar-refractivity contribution in [1.82, 2.24) is 9.62 Å². The van der Waals surface area contributed by atoms with Crippen LogP contribution < -0.4 is 5.32 Å². The summed E-state index contributed by atoms with van der Waals surface area (Å²) in [4.78, 5) is 12.1. The highest BCUT2D eigenvalue weighted by Gasteiger charge is 2.36. The second-order valence-corrected chi connectivity index (χ2v) is 9.75. The molecule has 2 aromatic carbocycles. The molecule has 2 aliphatic carbocycles. The van der Waals surface area contributed by atoms with Crippen molar-refractivity contribution < 1.29 is 13.2 Å². The van der Waals surface area contributed by atoms with Crippen molar-refractivity contribution in [2.24, 2.45) is 0 Å². The van der Waals surface area contributed by atoms with Crippen LogP contribution in [0.25, 0.3) is 6.08 Å². The molecule has 4 rings (SSSR count). The molecule has 0 spiro atoms. The van der Waals surface area contributed by atoms with Crippen molar-refractivity contribution >= 4 is 22.0 Å². The molecule has 0 atom stereocenters. The first-order valence-electron chi connectivity index (χ1n) is 10.1. The van der Waals surface area contributed by atoms with E-state index in [9.17, 15) is 13.2 Å². The molecular formula is C23H26N2O3S. The third-order valence-electron chi connectivity index (χ3n) is 5.26. The highest BCUT2D eigenvalue weighted by atomic mass is 32.2. The van der Waals surface area contributed by atoms with Crippen LogP contribution in [-0.2, 0) is 16.6 Å². The number of aryl methyl sites for hydroxylation is 1. The van der Waals surface area contributed by atoms with E-state index in [-0.39, 0.29) is 11.9 Å². The summed E-state index contributed by atoms with van der Waals surface area (Å²) in [5.74, 6) is -0.0632. The number of amides is 1. The van der Waals surface area contributed by atoms with Crippen LogP contribution in [0.1, 0.15) is 52.7 Å². The van der Waals surface area contributed by atoms with Crippen LogP contribution in [0.2, 0.25) is 0 Å². The predicted molar refractivity (Wildman–Crippen MR) is 115 cm³/mol. The smallest absolute Gasteiger partial charge is 0.251 e. The first kappa shape index (κ1) is 19.9. The topological polar surface area (TPSA) is 66.5 Å². The molecule has 6 heteroatoms. The van der Waals surface area contributed by atoms with Gasteiger partial charge in [0.1, 0.15) is 0 Å². The number of hydrogen-bond acceptors (Lipinski definition) is 3. The summed E-state index contributed by atoms with van der Waals surface area (Å²) < 4.78 is 27.4. The minimum Gasteiger partial charge on any atom is -0.349 e. The Bertz CT molecular complexity index is 1000. The fourth-order valence-electron chi connectivity index (χ4n) is 3.15. The molecule has 152 valence electrons. The van der Waals surface area contributed by atoms with E-state index in [0.29, 0.717) is 18.2 Å². The van der Waals surface area contributed by atoms with Crippen LogP contribution in [0, 0.1) is 6.92 Å². The molecule has 5 nitrogen and oxygen atoms in total. The van der Waals surface area contributed by atoms with Gasteiger partial charge in [0.05, 0.1) is 0 Å². The van der Waals surface area contributed by atoms with Gasteiger partial charge < -0.3 is 5.32 Å². The second-order valence-electron chi connectivity index (χ2n) is 7.98. The number of nitrogens with zero attached hydrogens (tertiary/aromatic N) is 1. The Morgan fingerprint density at radius 3 is 2.28 bits per heavy atom. The maximum atomic E-state index is 12.9. The molecule has 1 amide bonds. The molecule has 2 aliphatic rings. The van der Waals surface area contributed by atoms with Crippen molar-refractivity contribution in [1.29, 1.82) is 0 Å². The van der Waals surface area contributed by atoms with E-state index in [1.165, 1.54) is 5.41 Å². The zero-order valence-corrected chi connectivity index (χ0v) is 17.4. The van der Waals surface area contributed by atoms with Crippen molar-refractivity contribution in [2.45, 2.75) is 51.2 Å². The zero-order chi connectivity index (χ0) is 20.4. The summed E-state index contributed by atoms with van der Waals surface area (Å²) in [6.07, 6.45) is 5.52. The first-order chi connectivity index (χ1) is 13.9. The number of hydrogen-bond donors (Lipinski definition) is 1. The summed E-state index contributed by atoms with van der Waals surface area (Å²) >= 11 is 0. The Morgan fingerprint density at radius 2 is 1.69 bits per heavy atom. The largest absolute Gasteiger partial charge is 0.349 e. The van der Waals surface area contributed by atoms with Gasteiger partial charge in [-0.3, -0.25) is 4.79 Å². The average Bonchev–Trinajstić information content (AvgIpc) is 3.61. The summed E-state index contributed by atoms with van der Waals surface area (Å²) in [5.41, 5.74) is 3.49. The predicted octanol–water partition coefficient (Wildman–Crippen LogP) is 3.85. The van der Waals surface area contributed by atoms with Crippen LogP contribution in [0.3, 0.4) is 0 Å². The molecular weight excluding hydrogens is 384 g/mol. The molecule has 2 fully saturated rings. The first-order valence-corrected chi connectivity index (χ1v) is 11.6. The van der Waals surface area contributed by atoms with Gasteiger partial charge in [-0.1, -0.05) is 42.0 Å². The van der Waals surface area contributed by atoms with E-state index in [0.717, 1.165) is 42.4 Å². The molecule has 0 aromatic heterocycles. The Balaban J connectivity index is 1.45. The van der Waals surface area contributed by atoms with Gasteiger partial charge in [0.25, 0.3) is 5.91 Å².